The van der Waals surface area contributed by atoms with E-state index in [0.29, 0.717) is 6.42 Å². The van der Waals surface area contributed by atoms with Gasteiger partial charge in [-0.05, 0) is 32.1 Å². The molecule has 0 radical (unpaired) electrons. The Hall–Kier alpha value is 0.110. The minimum absolute atomic E-state index is 0.0459. The topological polar surface area (TPSA) is 57.5 Å². The summed E-state index contributed by atoms with van der Waals surface area (Å²) in [6.07, 6.45) is 23.6. The summed E-state index contributed by atoms with van der Waals surface area (Å²) in [5.41, 5.74) is 0. The maximum atomic E-state index is 10.8. The van der Waals surface area contributed by atoms with Gasteiger partial charge in [-0.2, -0.15) is 0 Å². The predicted octanol–water partition coefficient (Wildman–Crippen LogP) is 7.28. The van der Waals surface area contributed by atoms with Crippen LogP contribution in [0.5, 0.6) is 0 Å². The van der Waals surface area contributed by atoms with Gasteiger partial charge in [-0.15, -0.1) is 0 Å². The Morgan fingerprint density at radius 1 is 0.552 bits per heavy atom. The van der Waals surface area contributed by atoms with Gasteiger partial charge in [0.15, 0.2) is 0 Å². The highest BCUT2D eigenvalue weighted by molar-refractivity contribution is 7.51. The molecule has 0 unspecified atom stereocenters. The molecule has 0 saturated carbocycles. The summed E-state index contributed by atoms with van der Waals surface area (Å²) in [4.78, 5) is 17.7. The number of unbranched alkanes of at least 4 members (excludes halogenated alkanes) is 16. The van der Waals surface area contributed by atoms with Gasteiger partial charge < -0.3 is 14.3 Å². The molecule has 0 rings (SSSR count). The third kappa shape index (κ3) is 24.3. The molecule has 4 nitrogen and oxygen atoms in total. The lowest BCUT2D eigenvalue weighted by Gasteiger charge is -2.30. The van der Waals surface area contributed by atoms with E-state index >= 15 is 0 Å². The molecule has 2 N–H and O–H groups in total. The van der Waals surface area contributed by atoms with Gasteiger partial charge in [-0.1, -0.05) is 90.4 Å². The molecule has 176 valence electrons. The monoisotopic (exact) mass is 434 g/mol. The highest BCUT2D eigenvalue weighted by Gasteiger charge is 2.14. The molecular weight excluding hydrogens is 381 g/mol. The molecule has 0 aliphatic heterocycles. The number of nitrogens with zero attached hydrogens (tertiary/aromatic N) is 1. The van der Waals surface area contributed by atoms with Gasteiger partial charge in [-0.3, -0.25) is 4.57 Å². The van der Waals surface area contributed by atoms with Crippen LogP contribution in [0.3, 0.4) is 0 Å². The minimum Gasteiger partial charge on any atom is -0.328 e. The second-order valence-electron chi connectivity index (χ2n) is 9.78. The van der Waals surface area contributed by atoms with E-state index in [1.165, 1.54) is 103 Å². The predicted molar refractivity (Wildman–Crippen MR) is 128 cm³/mol. The summed E-state index contributed by atoms with van der Waals surface area (Å²) in [6, 6.07) is 0. The van der Waals surface area contributed by atoms with Gasteiger partial charge in [0, 0.05) is 6.16 Å². The van der Waals surface area contributed by atoms with Crippen LogP contribution in [0.25, 0.3) is 0 Å². The van der Waals surface area contributed by atoms with Crippen molar-refractivity contribution in [2.75, 3.05) is 33.3 Å². The highest BCUT2D eigenvalue weighted by atomic mass is 31.2. The van der Waals surface area contributed by atoms with Crippen molar-refractivity contribution < 1.29 is 18.8 Å². The average molecular weight is 435 g/mol. The summed E-state index contributed by atoms with van der Waals surface area (Å²) in [5.74, 6) is 0. The first kappa shape index (κ1) is 29.1. The molecule has 0 aromatic heterocycles. The second kappa shape index (κ2) is 18.8. The Kier molecular flexibility index (Phi) is 18.9. The van der Waals surface area contributed by atoms with Crippen molar-refractivity contribution in [1.82, 2.24) is 0 Å². The Morgan fingerprint density at radius 3 is 1.21 bits per heavy atom. The van der Waals surface area contributed by atoms with Crippen molar-refractivity contribution in [3.63, 3.8) is 0 Å². The molecule has 0 saturated heterocycles. The zero-order valence-electron chi connectivity index (χ0n) is 20.0. The molecule has 0 aliphatic carbocycles. The first-order valence-electron chi connectivity index (χ1n) is 12.6. The number of hydrogen-bond acceptors (Lipinski definition) is 1. The maximum absolute atomic E-state index is 10.8. The van der Waals surface area contributed by atoms with Crippen LogP contribution in [0.2, 0.25) is 0 Å². The van der Waals surface area contributed by atoms with Crippen molar-refractivity contribution in [3.8, 4) is 0 Å². The third-order valence-corrected chi connectivity index (χ3v) is 6.98. The largest absolute Gasteiger partial charge is 0.328 e. The van der Waals surface area contributed by atoms with Crippen LogP contribution >= 0.6 is 7.60 Å². The minimum atomic E-state index is -3.79. The van der Waals surface area contributed by atoms with E-state index in [2.05, 4.69) is 21.0 Å². The number of quaternary nitrogens is 1. The molecule has 0 amide bonds. The lowest BCUT2D eigenvalue weighted by molar-refractivity contribution is -0.890. The van der Waals surface area contributed by atoms with Crippen molar-refractivity contribution in [2.24, 2.45) is 0 Å². The van der Waals surface area contributed by atoms with E-state index in [9.17, 15) is 4.57 Å². The van der Waals surface area contributed by atoms with Gasteiger partial charge >= 0.3 is 7.60 Å². The fourth-order valence-electron chi connectivity index (χ4n) is 4.06. The average Bonchev–Trinajstić information content (AvgIpc) is 2.64. The molecule has 0 heterocycles. The summed E-state index contributed by atoms with van der Waals surface area (Å²) in [6.45, 7) is 4.71. The first-order valence-corrected chi connectivity index (χ1v) is 14.4. The standard InChI is InChI=1S/C24H52NO3P/c1-4-5-6-7-8-9-10-11-12-13-14-15-16-19-22-25(2,3)23-20-17-18-21-24-29(26,27)28/h4-24H2,1-3H3,(H-,26,27,28)/p+1. The highest BCUT2D eigenvalue weighted by Crippen LogP contribution is 2.35. The van der Waals surface area contributed by atoms with E-state index in [0.717, 1.165) is 23.7 Å². The van der Waals surface area contributed by atoms with Crippen LogP contribution in [-0.2, 0) is 4.57 Å². The molecule has 0 aliphatic rings. The van der Waals surface area contributed by atoms with Crippen LogP contribution in [0, 0.1) is 0 Å². The van der Waals surface area contributed by atoms with Gasteiger partial charge in [0.2, 0.25) is 0 Å². The van der Waals surface area contributed by atoms with Gasteiger partial charge in [0.1, 0.15) is 0 Å². The Balaban J connectivity index is 3.34. The van der Waals surface area contributed by atoms with E-state index in [1.807, 2.05) is 0 Å². The zero-order valence-corrected chi connectivity index (χ0v) is 20.9. The van der Waals surface area contributed by atoms with Crippen LogP contribution in [0.1, 0.15) is 122 Å². The smallest absolute Gasteiger partial charge is 0.325 e. The Labute approximate surface area is 182 Å². The molecule has 0 atom stereocenters. The van der Waals surface area contributed by atoms with Crippen molar-refractivity contribution >= 4 is 7.60 Å². The summed E-state index contributed by atoms with van der Waals surface area (Å²) in [7, 11) is 0.845. The fourth-order valence-corrected chi connectivity index (χ4v) is 4.69. The van der Waals surface area contributed by atoms with E-state index < -0.39 is 7.60 Å². The van der Waals surface area contributed by atoms with Crippen LogP contribution in [0.4, 0.5) is 0 Å². The zero-order chi connectivity index (χ0) is 21.8. The van der Waals surface area contributed by atoms with E-state index in [1.54, 1.807) is 0 Å². The fraction of sp³-hybridized carbons (Fsp3) is 1.00. The normalized spacial score (nSPS) is 12.6. The van der Waals surface area contributed by atoms with Crippen molar-refractivity contribution in [3.05, 3.63) is 0 Å². The van der Waals surface area contributed by atoms with Gasteiger partial charge in [0.05, 0.1) is 27.2 Å². The molecule has 29 heavy (non-hydrogen) atoms. The lowest BCUT2D eigenvalue weighted by atomic mass is 10.0. The maximum Gasteiger partial charge on any atom is 0.325 e. The molecule has 0 bridgehead atoms. The van der Waals surface area contributed by atoms with Crippen LogP contribution < -0.4 is 0 Å². The summed E-state index contributed by atoms with van der Waals surface area (Å²) < 4.78 is 11.9. The first-order chi connectivity index (χ1) is 13.8. The number of rotatable bonds is 22. The molecule has 0 aromatic carbocycles. The third-order valence-electron chi connectivity index (χ3n) is 6.08. The molecule has 0 spiro atoms. The SMILES string of the molecule is CCCCCCCCCCCCCCCC[N+](C)(C)CCCCCCP(=O)(O)O. The second-order valence-corrected chi connectivity index (χ2v) is 11.6. The molecule has 5 heteroatoms. The molecule has 0 aromatic rings. The van der Waals surface area contributed by atoms with Gasteiger partial charge in [0.25, 0.3) is 0 Å². The quantitative estimate of drug-likeness (QED) is 0.107. The Morgan fingerprint density at radius 2 is 0.862 bits per heavy atom. The van der Waals surface area contributed by atoms with Gasteiger partial charge in [-0.25, -0.2) is 0 Å². The van der Waals surface area contributed by atoms with E-state index in [-0.39, 0.29) is 6.16 Å². The molecule has 0 fully saturated rings. The summed E-state index contributed by atoms with van der Waals surface area (Å²) in [5, 5.41) is 0. The summed E-state index contributed by atoms with van der Waals surface area (Å²) >= 11 is 0. The van der Waals surface area contributed by atoms with Crippen LogP contribution in [-0.4, -0.2) is 47.6 Å². The van der Waals surface area contributed by atoms with E-state index in [4.69, 9.17) is 9.79 Å². The number of hydrogen-bond donors (Lipinski definition) is 2. The van der Waals surface area contributed by atoms with Crippen molar-refractivity contribution in [2.45, 2.75) is 122 Å². The Bertz CT molecular complexity index is 396. The lowest BCUT2D eigenvalue weighted by Crippen LogP contribution is -2.41. The van der Waals surface area contributed by atoms with Crippen molar-refractivity contribution in [1.29, 1.82) is 0 Å². The molecular formula is C24H53NO3P+. The van der Waals surface area contributed by atoms with Crippen LogP contribution in [0.15, 0.2) is 0 Å².